The Hall–Kier alpha value is 0.350. The Bertz CT molecular complexity index is 281. The summed E-state index contributed by atoms with van der Waals surface area (Å²) in [6.07, 6.45) is 2.25. The average molecular weight is 300 g/mol. The highest BCUT2D eigenvalue weighted by molar-refractivity contribution is 9.09. The molecule has 1 aliphatic heterocycles. The SMILES string of the molecule is CS(=O)(=O)CCCN1CCOC(CBr)C1. The van der Waals surface area contributed by atoms with Gasteiger partial charge in [-0.25, -0.2) is 8.42 Å². The zero-order valence-electron chi connectivity index (χ0n) is 8.99. The second-order valence-corrected chi connectivity index (χ2v) is 6.84. The van der Waals surface area contributed by atoms with Crippen LogP contribution in [0.1, 0.15) is 6.42 Å². The van der Waals surface area contributed by atoms with Gasteiger partial charge in [-0.3, -0.25) is 4.90 Å². The van der Waals surface area contributed by atoms with Crippen LogP contribution in [0.25, 0.3) is 0 Å². The van der Waals surface area contributed by atoms with E-state index >= 15 is 0 Å². The first-order valence-electron chi connectivity index (χ1n) is 5.09. The number of hydrogen-bond acceptors (Lipinski definition) is 4. The lowest BCUT2D eigenvalue weighted by Gasteiger charge is -2.31. The molecule has 1 heterocycles. The first kappa shape index (κ1) is 13.4. The van der Waals surface area contributed by atoms with E-state index in [4.69, 9.17) is 4.74 Å². The van der Waals surface area contributed by atoms with Crippen LogP contribution in [-0.2, 0) is 14.6 Å². The molecule has 1 atom stereocenters. The molecule has 0 aliphatic carbocycles. The van der Waals surface area contributed by atoms with E-state index in [1.165, 1.54) is 6.26 Å². The van der Waals surface area contributed by atoms with Crippen molar-refractivity contribution in [1.82, 2.24) is 4.90 Å². The highest BCUT2D eigenvalue weighted by Gasteiger charge is 2.19. The largest absolute Gasteiger partial charge is 0.375 e. The Morgan fingerprint density at radius 3 is 2.87 bits per heavy atom. The number of morpholine rings is 1. The molecule has 1 aliphatic rings. The van der Waals surface area contributed by atoms with E-state index in [0.717, 1.165) is 31.6 Å². The number of nitrogens with zero attached hydrogens (tertiary/aromatic N) is 1. The second-order valence-electron chi connectivity index (χ2n) is 3.93. The smallest absolute Gasteiger partial charge is 0.147 e. The third kappa shape index (κ3) is 5.85. The van der Waals surface area contributed by atoms with Crippen molar-refractivity contribution in [3.63, 3.8) is 0 Å². The van der Waals surface area contributed by atoms with E-state index < -0.39 is 9.84 Å². The van der Waals surface area contributed by atoms with Crippen molar-refractivity contribution in [1.29, 1.82) is 0 Å². The molecule has 1 saturated heterocycles. The Morgan fingerprint density at radius 2 is 2.27 bits per heavy atom. The van der Waals surface area contributed by atoms with Gasteiger partial charge in [-0.15, -0.1) is 0 Å². The van der Waals surface area contributed by atoms with Crippen LogP contribution in [0.5, 0.6) is 0 Å². The molecule has 15 heavy (non-hydrogen) atoms. The van der Waals surface area contributed by atoms with Gasteiger partial charge in [-0.2, -0.15) is 0 Å². The number of hydrogen-bond donors (Lipinski definition) is 0. The zero-order chi connectivity index (χ0) is 11.3. The van der Waals surface area contributed by atoms with Crippen molar-refractivity contribution >= 4 is 25.8 Å². The number of ether oxygens (including phenoxy) is 1. The summed E-state index contributed by atoms with van der Waals surface area (Å²) in [5.41, 5.74) is 0. The Labute approximate surface area is 100 Å². The number of sulfone groups is 1. The van der Waals surface area contributed by atoms with Crippen LogP contribution in [0.15, 0.2) is 0 Å². The fourth-order valence-electron chi connectivity index (χ4n) is 1.63. The molecule has 0 radical (unpaired) electrons. The van der Waals surface area contributed by atoms with Gasteiger partial charge in [0.25, 0.3) is 0 Å². The van der Waals surface area contributed by atoms with Crippen LogP contribution in [0.3, 0.4) is 0 Å². The first-order chi connectivity index (χ1) is 7.01. The summed E-state index contributed by atoms with van der Waals surface area (Å²) in [6.45, 7) is 3.40. The summed E-state index contributed by atoms with van der Waals surface area (Å²) < 4.78 is 27.4. The molecule has 0 aromatic heterocycles. The molecule has 90 valence electrons. The van der Waals surface area contributed by atoms with Gasteiger partial charge in [0, 0.05) is 24.7 Å². The summed E-state index contributed by atoms with van der Waals surface area (Å²) in [5, 5.41) is 0.843. The minimum atomic E-state index is -2.81. The van der Waals surface area contributed by atoms with Gasteiger partial charge in [0.15, 0.2) is 0 Å². The summed E-state index contributed by atoms with van der Waals surface area (Å²) in [5.74, 6) is 0.281. The van der Waals surface area contributed by atoms with Crippen LogP contribution >= 0.6 is 15.9 Å². The van der Waals surface area contributed by atoms with Gasteiger partial charge < -0.3 is 4.74 Å². The fourth-order valence-corrected chi connectivity index (χ4v) is 2.67. The van der Waals surface area contributed by atoms with Crippen molar-refractivity contribution < 1.29 is 13.2 Å². The molecule has 1 fully saturated rings. The third-order valence-corrected chi connectivity index (χ3v) is 4.14. The molecule has 1 rings (SSSR count). The van der Waals surface area contributed by atoms with Crippen molar-refractivity contribution in [3.05, 3.63) is 0 Å². The topological polar surface area (TPSA) is 46.6 Å². The van der Waals surface area contributed by atoms with Crippen LogP contribution < -0.4 is 0 Å². The van der Waals surface area contributed by atoms with Crippen LogP contribution in [-0.4, -0.2) is 63.0 Å². The molecular formula is C9H18BrNO3S. The van der Waals surface area contributed by atoms with Gasteiger partial charge >= 0.3 is 0 Å². The average Bonchev–Trinajstić information content (AvgIpc) is 2.16. The van der Waals surface area contributed by atoms with E-state index in [1.54, 1.807) is 0 Å². The van der Waals surface area contributed by atoms with Gasteiger partial charge in [0.1, 0.15) is 9.84 Å². The lowest BCUT2D eigenvalue weighted by Crippen LogP contribution is -2.43. The van der Waals surface area contributed by atoms with Crippen molar-refractivity contribution in [2.24, 2.45) is 0 Å². The maximum absolute atomic E-state index is 10.9. The maximum Gasteiger partial charge on any atom is 0.147 e. The summed E-state index contributed by atoms with van der Waals surface area (Å²) in [7, 11) is -2.81. The number of alkyl halides is 1. The standard InChI is InChI=1S/C9H18BrNO3S/c1-15(12,13)6-2-3-11-4-5-14-9(7-10)8-11/h9H,2-8H2,1H3. The second kappa shape index (κ2) is 6.18. The Balaban J connectivity index is 2.21. The molecule has 0 amide bonds. The van der Waals surface area contributed by atoms with Gasteiger partial charge in [-0.1, -0.05) is 15.9 Å². The number of rotatable bonds is 5. The quantitative estimate of drug-likeness (QED) is 0.694. The van der Waals surface area contributed by atoms with E-state index in [1.807, 2.05) is 0 Å². The predicted octanol–water partition coefficient (Wildman–Crippen LogP) is 0.517. The van der Waals surface area contributed by atoms with Crippen molar-refractivity contribution in [2.75, 3.05) is 43.6 Å². The molecule has 0 spiro atoms. The molecule has 0 bridgehead atoms. The molecule has 4 nitrogen and oxygen atoms in total. The molecule has 0 N–H and O–H groups in total. The monoisotopic (exact) mass is 299 g/mol. The molecule has 1 unspecified atom stereocenters. The minimum Gasteiger partial charge on any atom is -0.375 e. The minimum absolute atomic E-state index is 0.247. The normalized spacial score (nSPS) is 24.3. The van der Waals surface area contributed by atoms with E-state index in [2.05, 4.69) is 20.8 Å². The highest BCUT2D eigenvalue weighted by atomic mass is 79.9. The Morgan fingerprint density at radius 1 is 1.53 bits per heavy atom. The zero-order valence-corrected chi connectivity index (χ0v) is 11.4. The van der Waals surface area contributed by atoms with Gasteiger partial charge in [0.05, 0.1) is 18.5 Å². The first-order valence-corrected chi connectivity index (χ1v) is 8.27. The van der Waals surface area contributed by atoms with Crippen molar-refractivity contribution in [2.45, 2.75) is 12.5 Å². The van der Waals surface area contributed by atoms with E-state index in [-0.39, 0.29) is 11.9 Å². The lowest BCUT2D eigenvalue weighted by molar-refractivity contribution is -0.0148. The molecular weight excluding hydrogens is 282 g/mol. The van der Waals surface area contributed by atoms with Crippen molar-refractivity contribution in [3.8, 4) is 0 Å². The molecule has 6 heteroatoms. The third-order valence-electron chi connectivity index (χ3n) is 2.38. The van der Waals surface area contributed by atoms with Crippen LogP contribution in [0, 0.1) is 0 Å². The van der Waals surface area contributed by atoms with Gasteiger partial charge in [0.2, 0.25) is 0 Å². The highest BCUT2D eigenvalue weighted by Crippen LogP contribution is 2.08. The maximum atomic E-state index is 10.9. The summed E-state index contributed by atoms with van der Waals surface area (Å²) in [4.78, 5) is 2.26. The summed E-state index contributed by atoms with van der Waals surface area (Å²) in [6, 6.07) is 0. The summed E-state index contributed by atoms with van der Waals surface area (Å²) >= 11 is 3.39. The van der Waals surface area contributed by atoms with Crippen LogP contribution in [0.4, 0.5) is 0 Å². The predicted molar refractivity (Wildman–Crippen MR) is 64.3 cm³/mol. The lowest BCUT2D eigenvalue weighted by atomic mass is 10.3. The molecule has 0 aromatic carbocycles. The van der Waals surface area contributed by atoms with Crippen LogP contribution in [0.2, 0.25) is 0 Å². The fraction of sp³-hybridized carbons (Fsp3) is 1.00. The van der Waals surface area contributed by atoms with E-state index in [9.17, 15) is 8.42 Å². The van der Waals surface area contributed by atoms with Gasteiger partial charge in [-0.05, 0) is 13.0 Å². The molecule has 0 aromatic rings. The molecule has 0 saturated carbocycles. The number of halogens is 1. The van der Waals surface area contributed by atoms with E-state index in [0.29, 0.717) is 6.42 Å². The Kier molecular flexibility index (Phi) is 5.52.